The summed E-state index contributed by atoms with van der Waals surface area (Å²) in [7, 11) is 1.88. The van der Waals surface area contributed by atoms with E-state index in [1.165, 1.54) is 10.4 Å². The maximum absolute atomic E-state index is 4.71. The fourth-order valence-corrected chi connectivity index (χ4v) is 2.93. The SMILES string of the molecule is CNc1cc(-c2sccc2C)nc(-c2ccccc2)n1. The van der Waals surface area contributed by atoms with Gasteiger partial charge in [-0.05, 0) is 23.9 Å². The second-order valence-electron chi connectivity index (χ2n) is 4.51. The number of anilines is 1. The van der Waals surface area contributed by atoms with Crippen molar-refractivity contribution in [1.82, 2.24) is 9.97 Å². The number of hydrogen-bond acceptors (Lipinski definition) is 4. The third-order valence-corrected chi connectivity index (χ3v) is 4.15. The van der Waals surface area contributed by atoms with Gasteiger partial charge in [0.25, 0.3) is 0 Å². The molecule has 0 spiro atoms. The van der Waals surface area contributed by atoms with Crippen molar-refractivity contribution < 1.29 is 0 Å². The maximum Gasteiger partial charge on any atom is 0.162 e. The van der Waals surface area contributed by atoms with Crippen LogP contribution in [-0.2, 0) is 0 Å². The summed E-state index contributed by atoms with van der Waals surface area (Å²) in [5.41, 5.74) is 3.24. The molecule has 3 rings (SSSR count). The van der Waals surface area contributed by atoms with Gasteiger partial charge in [0.1, 0.15) is 5.82 Å². The second kappa shape index (κ2) is 5.43. The van der Waals surface area contributed by atoms with Gasteiger partial charge >= 0.3 is 0 Å². The van der Waals surface area contributed by atoms with Crippen LogP contribution in [0.15, 0.2) is 47.8 Å². The quantitative estimate of drug-likeness (QED) is 0.781. The standard InChI is InChI=1S/C16H15N3S/c1-11-8-9-20-15(11)13-10-14(17-2)19-16(18-13)12-6-4-3-5-7-12/h3-10H,1-2H3,(H,17,18,19). The highest BCUT2D eigenvalue weighted by atomic mass is 32.1. The summed E-state index contributed by atoms with van der Waals surface area (Å²) in [4.78, 5) is 10.5. The Morgan fingerprint density at radius 3 is 2.50 bits per heavy atom. The van der Waals surface area contributed by atoms with Crippen LogP contribution in [-0.4, -0.2) is 17.0 Å². The Morgan fingerprint density at radius 1 is 1.05 bits per heavy atom. The van der Waals surface area contributed by atoms with E-state index in [0.29, 0.717) is 0 Å². The van der Waals surface area contributed by atoms with Crippen molar-refractivity contribution in [3.8, 4) is 22.0 Å². The van der Waals surface area contributed by atoms with E-state index in [4.69, 9.17) is 4.98 Å². The van der Waals surface area contributed by atoms with Gasteiger partial charge in [-0.15, -0.1) is 11.3 Å². The number of nitrogens with one attached hydrogen (secondary N) is 1. The Balaban J connectivity index is 2.15. The normalized spacial score (nSPS) is 10.5. The number of hydrogen-bond donors (Lipinski definition) is 1. The molecule has 0 amide bonds. The fourth-order valence-electron chi connectivity index (χ4n) is 2.04. The maximum atomic E-state index is 4.71. The van der Waals surface area contributed by atoms with Crippen molar-refractivity contribution in [3.63, 3.8) is 0 Å². The molecule has 0 aliphatic heterocycles. The van der Waals surface area contributed by atoms with Gasteiger partial charge in [0.05, 0.1) is 10.6 Å². The van der Waals surface area contributed by atoms with Crippen molar-refractivity contribution in [2.45, 2.75) is 6.92 Å². The van der Waals surface area contributed by atoms with Crippen LogP contribution in [0.4, 0.5) is 5.82 Å². The molecule has 0 bridgehead atoms. The van der Waals surface area contributed by atoms with Gasteiger partial charge in [0.15, 0.2) is 5.82 Å². The van der Waals surface area contributed by atoms with E-state index in [2.05, 4.69) is 28.7 Å². The van der Waals surface area contributed by atoms with Crippen molar-refractivity contribution in [2.24, 2.45) is 0 Å². The molecule has 4 heteroatoms. The summed E-state index contributed by atoms with van der Waals surface area (Å²) in [6.07, 6.45) is 0. The number of thiophene rings is 1. The molecule has 3 nitrogen and oxygen atoms in total. The minimum atomic E-state index is 0.750. The molecule has 1 aromatic carbocycles. The summed E-state index contributed by atoms with van der Waals surface area (Å²) >= 11 is 1.71. The monoisotopic (exact) mass is 281 g/mol. The van der Waals surface area contributed by atoms with Crippen LogP contribution in [0, 0.1) is 6.92 Å². The van der Waals surface area contributed by atoms with E-state index in [1.807, 2.05) is 43.4 Å². The molecule has 0 saturated heterocycles. The molecule has 2 heterocycles. The minimum Gasteiger partial charge on any atom is -0.373 e. The molecular formula is C16H15N3S. The van der Waals surface area contributed by atoms with Gasteiger partial charge in [0, 0.05) is 18.7 Å². The molecule has 0 aliphatic carbocycles. The van der Waals surface area contributed by atoms with E-state index in [-0.39, 0.29) is 0 Å². The topological polar surface area (TPSA) is 37.8 Å². The van der Waals surface area contributed by atoms with Crippen molar-refractivity contribution in [1.29, 1.82) is 0 Å². The third kappa shape index (κ3) is 2.42. The lowest BCUT2D eigenvalue weighted by Crippen LogP contribution is -1.98. The van der Waals surface area contributed by atoms with E-state index in [9.17, 15) is 0 Å². The zero-order chi connectivity index (χ0) is 13.9. The van der Waals surface area contributed by atoms with Crippen molar-refractivity contribution in [2.75, 3.05) is 12.4 Å². The Bertz CT molecular complexity index is 720. The molecule has 100 valence electrons. The number of rotatable bonds is 3. The molecule has 3 aromatic rings. The van der Waals surface area contributed by atoms with E-state index in [1.54, 1.807) is 11.3 Å². The Kier molecular flexibility index (Phi) is 3.48. The van der Waals surface area contributed by atoms with Gasteiger partial charge in [-0.1, -0.05) is 30.3 Å². The predicted molar refractivity (Wildman–Crippen MR) is 85.1 cm³/mol. The highest BCUT2D eigenvalue weighted by Crippen LogP contribution is 2.30. The molecule has 0 aliphatic rings. The first kappa shape index (κ1) is 12.8. The lowest BCUT2D eigenvalue weighted by Gasteiger charge is -2.07. The van der Waals surface area contributed by atoms with Crippen LogP contribution in [0.1, 0.15) is 5.56 Å². The predicted octanol–water partition coefficient (Wildman–Crippen LogP) is 4.22. The molecule has 2 aromatic heterocycles. The number of aromatic nitrogens is 2. The summed E-state index contributed by atoms with van der Waals surface area (Å²) in [5.74, 6) is 1.59. The van der Waals surface area contributed by atoms with Gasteiger partial charge in [-0.3, -0.25) is 0 Å². The van der Waals surface area contributed by atoms with Crippen molar-refractivity contribution >= 4 is 17.2 Å². The molecule has 0 fully saturated rings. The summed E-state index contributed by atoms with van der Waals surface area (Å²) in [6, 6.07) is 14.2. The zero-order valence-electron chi connectivity index (χ0n) is 11.4. The average Bonchev–Trinajstić information content (AvgIpc) is 2.94. The summed E-state index contributed by atoms with van der Waals surface area (Å²) < 4.78 is 0. The Morgan fingerprint density at radius 2 is 1.85 bits per heavy atom. The lowest BCUT2D eigenvalue weighted by molar-refractivity contribution is 1.17. The lowest BCUT2D eigenvalue weighted by atomic mass is 10.2. The van der Waals surface area contributed by atoms with Gasteiger partial charge in [-0.2, -0.15) is 0 Å². The molecular weight excluding hydrogens is 266 g/mol. The molecule has 0 radical (unpaired) electrons. The molecule has 0 saturated carbocycles. The summed E-state index contributed by atoms with van der Waals surface area (Å²) in [5, 5.41) is 5.20. The number of nitrogens with zero attached hydrogens (tertiary/aromatic N) is 2. The third-order valence-electron chi connectivity index (χ3n) is 3.11. The fraction of sp³-hybridized carbons (Fsp3) is 0.125. The first-order valence-corrected chi connectivity index (χ1v) is 7.32. The van der Waals surface area contributed by atoms with Crippen LogP contribution in [0.3, 0.4) is 0 Å². The Hall–Kier alpha value is -2.20. The van der Waals surface area contributed by atoms with E-state index < -0.39 is 0 Å². The molecule has 1 N–H and O–H groups in total. The second-order valence-corrected chi connectivity index (χ2v) is 5.43. The average molecular weight is 281 g/mol. The number of benzene rings is 1. The summed E-state index contributed by atoms with van der Waals surface area (Å²) in [6.45, 7) is 2.11. The van der Waals surface area contributed by atoms with Gasteiger partial charge < -0.3 is 5.32 Å². The first-order valence-electron chi connectivity index (χ1n) is 6.44. The Labute approximate surface area is 122 Å². The van der Waals surface area contributed by atoms with E-state index in [0.717, 1.165) is 22.9 Å². The smallest absolute Gasteiger partial charge is 0.162 e. The van der Waals surface area contributed by atoms with Crippen LogP contribution in [0.5, 0.6) is 0 Å². The minimum absolute atomic E-state index is 0.750. The molecule has 0 unspecified atom stereocenters. The largest absolute Gasteiger partial charge is 0.373 e. The van der Waals surface area contributed by atoms with Crippen LogP contribution < -0.4 is 5.32 Å². The first-order chi connectivity index (χ1) is 9.78. The highest BCUT2D eigenvalue weighted by molar-refractivity contribution is 7.13. The molecule has 20 heavy (non-hydrogen) atoms. The zero-order valence-corrected chi connectivity index (χ0v) is 12.2. The number of aryl methyl sites for hydroxylation is 1. The van der Waals surface area contributed by atoms with Crippen LogP contribution >= 0.6 is 11.3 Å². The highest BCUT2D eigenvalue weighted by Gasteiger charge is 2.10. The van der Waals surface area contributed by atoms with Gasteiger partial charge in [0.2, 0.25) is 0 Å². The van der Waals surface area contributed by atoms with E-state index >= 15 is 0 Å². The van der Waals surface area contributed by atoms with Gasteiger partial charge in [-0.25, -0.2) is 9.97 Å². The molecule has 0 atom stereocenters. The van der Waals surface area contributed by atoms with Crippen molar-refractivity contribution in [3.05, 3.63) is 53.4 Å². The van der Waals surface area contributed by atoms with Crippen LogP contribution in [0.25, 0.3) is 22.0 Å². The van der Waals surface area contributed by atoms with Crippen LogP contribution in [0.2, 0.25) is 0 Å².